The van der Waals surface area contributed by atoms with Crippen molar-refractivity contribution in [3.63, 3.8) is 0 Å². The van der Waals surface area contributed by atoms with E-state index >= 15 is 0 Å². The average molecular weight is 259 g/mol. The first kappa shape index (κ1) is 13.1. The highest BCUT2D eigenvalue weighted by Crippen LogP contribution is 2.11. The lowest BCUT2D eigenvalue weighted by Gasteiger charge is -2.36. The van der Waals surface area contributed by atoms with Crippen molar-refractivity contribution >= 4 is 0 Å². The van der Waals surface area contributed by atoms with Gasteiger partial charge in [0.05, 0.1) is 0 Å². The summed E-state index contributed by atoms with van der Waals surface area (Å²) < 4.78 is 0. The van der Waals surface area contributed by atoms with Crippen molar-refractivity contribution in [2.75, 3.05) is 39.3 Å². The number of hydrogen-bond donors (Lipinski definition) is 1. The van der Waals surface area contributed by atoms with Crippen LogP contribution in [0.1, 0.15) is 18.4 Å². The van der Waals surface area contributed by atoms with Crippen LogP contribution in [0.5, 0.6) is 0 Å². The second kappa shape index (κ2) is 6.51. The van der Waals surface area contributed by atoms with Crippen molar-refractivity contribution < 1.29 is 0 Å². The Balaban J connectivity index is 1.41. The molecule has 2 aliphatic heterocycles. The molecule has 0 bridgehead atoms. The van der Waals surface area contributed by atoms with Crippen LogP contribution >= 0.6 is 0 Å². The first-order valence-electron chi connectivity index (χ1n) is 7.62. The van der Waals surface area contributed by atoms with E-state index < -0.39 is 0 Å². The molecule has 1 aromatic carbocycles. The molecular formula is C16H25N3. The van der Waals surface area contributed by atoms with E-state index in [1.807, 2.05) is 0 Å². The maximum absolute atomic E-state index is 3.60. The minimum absolute atomic E-state index is 0.751. The molecule has 3 rings (SSSR count). The van der Waals surface area contributed by atoms with Crippen LogP contribution in [0.4, 0.5) is 0 Å². The molecule has 3 heteroatoms. The first-order valence-corrected chi connectivity index (χ1v) is 7.62. The van der Waals surface area contributed by atoms with Gasteiger partial charge in [-0.25, -0.2) is 0 Å². The number of rotatable bonds is 4. The molecule has 0 aromatic heterocycles. The van der Waals surface area contributed by atoms with Crippen LogP contribution in [-0.2, 0) is 6.54 Å². The molecule has 0 unspecified atom stereocenters. The molecule has 1 aromatic rings. The highest BCUT2D eigenvalue weighted by Gasteiger charge is 2.21. The Morgan fingerprint density at radius 3 is 2.42 bits per heavy atom. The van der Waals surface area contributed by atoms with Crippen LogP contribution in [0.3, 0.4) is 0 Å². The largest absolute Gasteiger partial charge is 0.313 e. The Bertz CT molecular complexity index is 365. The highest BCUT2D eigenvalue weighted by molar-refractivity contribution is 5.14. The summed E-state index contributed by atoms with van der Waals surface area (Å²) in [5.41, 5.74) is 1.44. The van der Waals surface area contributed by atoms with Crippen LogP contribution in [0, 0.1) is 0 Å². The Labute approximate surface area is 116 Å². The minimum Gasteiger partial charge on any atom is -0.313 e. The molecule has 2 saturated heterocycles. The third kappa shape index (κ3) is 3.78. The fourth-order valence-corrected chi connectivity index (χ4v) is 3.20. The molecular weight excluding hydrogens is 234 g/mol. The van der Waals surface area contributed by atoms with E-state index in [2.05, 4.69) is 45.4 Å². The van der Waals surface area contributed by atoms with Crippen LogP contribution < -0.4 is 5.32 Å². The maximum Gasteiger partial charge on any atom is 0.0234 e. The predicted octanol–water partition coefficient (Wildman–Crippen LogP) is 1.56. The Morgan fingerprint density at radius 2 is 1.74 bits per heavy atom. The molecule has 104 valence electrons. The summed E-state index contributed by atoms with van der Waals surface area (Å²) >= 11 is 0. The lowest BCUT2D eigenvalue weighted by Crippen LogP contribution is -2.49. The van der Waals surface area contributed by atoms with Crippen molar-refractivity contribution in [1.82, 2.24) is 15.1 Å². The molecule has 0 amide bonds. The second-order valence-electron chi connectivity index (χ2n) is 5.86. The van der Waals surface area contributed by atoms with E-state index in [4.69, 9.17) is 0 Å². The monoisotopic (exact) mass is 259 g/mol. The fraction of sp³-hybridized carbons (Fsp3) is 0.625. The first-order chi connectivity index (χ1) is 9.40. The van der Waals surface area contributed by atoms with Gasteiger partial charge in [0.15, 0.2) is 0 Å². The zero-order valence-electron chi connectivity index (χ0n) is 11.7. The molecule has 0 aliphatic carbocycles. The summed E-state index contributed by atoms with van der Waals surface area (Å²) in [6.45, 7) is 8.45. The van der Waals surface area contributed by atoms with Gasteiger partial charge in [0.2, 0.25) is 0 Å². The summed E-state index contributed by atoms with van der Waals surface area (Å²) in [6, 6.07) is 11.6. The zero-order valence-corrected chi connectivity index (χ0v) is 11.7. The molecule has 0 radical (unpaired) electrons. The van der Waals surface area contributed by atoms with Crippen molar-refractivity contribution in [1.29, 1.82) is 0 Å². The van der Waals surface area contributed by atoms with E-state index in [-0.39, 0.29) is 0 Å². The van der Waals surface area contributed by atoms with Gasteiger partial charge in [-0.3, -0.25) is 9.80 Å². The van der Waals surface area contributed by atoms with Gasteiger partial charge in [-0.1, -0.05) is 30.3 Å². The molecule has 2 fully saturated rings. The van der Waals surface area contributed by atoms with Gasteiger partial charge >= 0.3 is 0 Å². The van der Waals surface area contributed by atoms with E-state index in [1.165, 1.54) is 57.7 Å². The molecule has 19 heavy (non-hydrogen) atoms. The van der Waals surface area contributed by atoms with Gasteiger partial charge in [-0.15, -0.1) is 0 Å². The fourth-order valence-electron chi connectivity index (χ4n) is 3.20. The molecule has 3 nitrogen and oxygen atoms in total. The highest BCUT2D eigenvalue weighted by atomic mass is 15.3. The lowest BCUT2D eigenvalue weighted by atomic mass is 10.1. The summed E-state index contributed by atoms with van der Waals surface area (Å²) in [7, 11) is 0. The third-order valence-electron chi connectivity index (χ3n) is 4.35. The van der Waals surface area contributed by atoms with E-state index in [1.54, 1.807) is 0 Å². The minimum atomic E-state index is 0.751. The zero-order chi connectivity index (χ0) is 12.9. The maximum atomic E-state index is 3.60. The SMILES string of the molecule is c1ccc(CN2CCN(C[C@H]3CCCN3)CC2)cc1. The summed E-state index contributed by atoms with van der Waals surface area (Å²) in [6.07, 6.45) is 2.73. The average Bonchev–Trinajstić information content (AvgIpc) is 2.95. The molecule has 1 N–H and O–H groups in total. The Hall–Kier alpha value is -0.900. The van der Waals surface area contributed by atoms with Gasteiger partial charge in [-0.05, 0) is 24.9 Å². The standard InChI is InChI=1S/C16H25N3/c1-2-5-15(6-3-1)13-18-9-11-19(12-10-18)14-16-7-4-8-17-16/h1-3,5-6,16-17H,4,7-14H2/t16-/m1/s1. The quantitative estimate of drug-likeness (QED) is 0.885. The normalized spacial score (nSPS) is 25.8. The number of piperazine rings is 1. The summed E-state index contributed by atoms with van der Waals surface area (Å²) in [5.74, 6) is 0. The molecule has 2 aliphatic rings. The number of benzene rings is 1. The molecule has 2 heterocycles. The number of hydrogen-bond acceptors (Lipinski definition) is 3. The van der Waals surface area contributed by atoms with Crippen molar-refractivity contribution in [2.45, 2.75) is 25.4 Å². The van der Waals surface area contributed by atoms with Gasteiger partial charge in [0.1, 0.15) is 0 Å². The lowest BCUT2D eigenvalue weighted by molar-refractivity contribution is 0.120. The van der Waals surface area contributed by atoms with Crippen molar-refractivity contribution in [3.05, 3.63) is 35.9 Å². The topological polar surface area (TPSA) is 18.5 Å². The Kier molecular flexibility index (Phi) is 4.49. The van der Waals surface area contributed by atoms with Crippen LogP contribution in [0.25, 0.3) is 0 Å². The molecule has 0 saturated carbocycles. The van der Waals surface area contributed by atoms with Gasteiger partial charge in [0, 0.05) is 45.3 Å². The molecule has 1 atom stereocenters. The number of nitrogens with one attached hydrogen (secondary N) is 1. The van der Waals surface area contributed by atoms with Gasteiger partial charge < -0.3 is 5.32 Å². The number of nitrogens with zero attached hydrogens (tertiary/aromatic N) is 2. The second-order valence-corrected chi connectivity index (χ2v) is 5.86. The molecule has 0 spiro atoms. The van der Waals surface area contributed by atoms with Crippen LogP contribution in [0.2, 0.25) is 0 Å². The van der Waals surface area contributed by atoms with E-state index in [9.17, 15) is 0 Å². The van der Waals surface area contributed by atoms with E-state index in [0.717, 1.165) is 12.6 Å². The Morgan fingerprint density at radius 1 is 1.00 bits per heavy atom. The predicted molar refractivity (Wildman–Crippen MR) is 79.2 cm³/mol. The van der Waals surface area contributed by atoms with Gasteiger partial charge in [0.25, 0.3) is 0 Å². The van der Waals surface area contributed by atoms with Crippen molar-refractivity contribution in [3.8, 4) is 0 Å². The smallest absolute Gasteiger partial charge is 0.0234 e. The third-order valence-corrected chi connectivity index (χ3v) is 4.35. The summed E-state index contributed by atoms with van der Waals surface area (Å²) in [5, 5.41) is 3.60. The van der Waals surface area contributed by atoms with Crippen LogP contribution in [0.15, 0.2) is 30.3 Å². The van der Waals surface area contributed by atoms with Crippen molar-refractivity contribution in [2.24, 2.45) is 0 Å². The van der Waals surface area contributed by atoms with Gasteiger partial charge in [-0.2, -0.15) is 0 Å². The van der Waals surface area contributed by atoms with Crippen LogP contribution in [-0.4, -0.2) is 55.1 Å². The summed E-state index contributed by atoms with van der Waals surface area (Å²) in [4.78, 5) is 5.21. The van der Waals surface area contributed by atoms with E-state index in [0.29, 0.717) is 0 Å².